The van der Waals surface area contributed by atoms with Crippen LogP contribution in [0.25, 0.3) is 0 Å². The summed E-state index contributed by atoms with van der Waals surface area (Å²) in [6, 6.07) is 6.44. The molecular formula is C21H28F2N4O. The molecular weight excluding hydrogens is 362 g/mol. The van der Waals surface area contributed by atoms with Gasteiger partial charge in [0.05, 0.1) is 11.8 Å². The lowest BCUT2D eigenvalue weighted by Gasteiger charge is -2.37. The lowest BCUT2D eigenvalue weighted by molar-refractivity contribution is -0.121. The minimum Gasteiger partial charge on any atom is -0.367 e. The average molecular weight is 390 g/mol. The molecule has 0 unspecified atom stereocenters. The first-order valence-electron chi connectivity index (χ1n) is 10.1. The highest BCUT2D eigenvalue weighted by Crippen LogP contribution is 2.28. The monoisotopic (exact) mass is 390 g/mol. The molecule has 1 saturated heterocycles. The minimum atomic E-state index is -0.792. The molecule has 1 aromatic carbocycles. The number of nitrogens with one attached hydrogen (secondary N) is 1. The maximum absolute atomic E-state index is 14.0. The first-order chi connectivity index (χ1) is 13.6. The number of halogens is 2. The Hall–Kier alpha value is -2.20. The van der Waals surface area contributed by atoms with Gasteiger partial charge in [-0.15, -0.1) is 0 Å². The molecule has 1 aliphatic carbocycles. The van der Waals surface area contributed by atoms with Gasteiger partial charge in [0.2, 0.25) is 5.91 Å². The van der Waals surface area contributed by atoms with Gasteiger partial charge in [0.15, 0.2) is 11.6 Å². The number of benzene rings is 1. The molecule has 5 nitrogen and oxygen atoms in total. The topological polar surface area (TPSA) is 59.4 Å². The summed E-state index contributed by atoms with van der Waals surface area (Å²) in [4.78, 5) is 15.8. The van der Waals surface area contributed by atoms with Crippen molar-refractivity contribution in [2.45, 2.75) is 44.6 Å². The number of piperazine rings is 1. The van der Waals surface area contributed by atoms with Crippen LogP contribution in [-0.4, -0.2) is 49.6 Å². The highest BCUT2D eigenvalue weighted by atomic mass is 19.2. The van der Waals surface area contributed by atoms with Gasteiger partial charge in [0.1, 0.15) is 6.42 Å². The van der Waals surface area contributed by atoms with Crippen LogP contribution in [0.1, 0.15) is 38.5 Å². The Labute approximate surface area is 165 Å². The lowest BCUT2D eigenvalue weighted by atomic mass is 9.84. The number of carbonyl (C=O) groups is 1. The standard InChI is InChI=1S/C21H28F2N4O/c22-18-2-1-3-19(21(18)23)27-14-12-26(13-15-27)11-9-16-4-6-17(7-5-16)25-20(28)8-10-24/h1-3,16-17H,4-9,11-15H2,(H,25,28). The van der Waals surface area contributed by atoms with E-state index in [4.69, 9.17) is 5.26 Å². The van der Waals surface area contributed by atoms with E-state index in [0.717, 1.165) is 57.8 Å². The van der Waals surface area contributed by atoms with Gasteiger partial charge in [0.25, 0.3) is 0 Å². The van der Waals surface area contributed by atoms with Gasteiger partial charge in [0, 0.05) is 32.2 Å². The summed E-state index contributed by atoms with van der Waals surface area (Å²) in [5.74, 6) is -1.05. The van der Waals surface area contributed by atoms with Crippen molar-refractivity contribution in [2.75, 3.05) is 37.6 Å². The van der Waals surface area contributed by atoms with Crippen LogP contribution in [0.15, 0.2) is 18.2 Å². The Balaban J connectivity index is 1.36. The van der Waals surface area contributed by atoms with Crippen LogP contribution >= 0.6 is 0 Å². The number of rotatable bonds is 6. The summed E-state index contributed by atoms with van der Waals surface area (Å²) in [6.07, 6.45) is 5.24. The molecule has 152 valence electrons. The molecule has 2 aliphatic rings. The van der Waals surface area contributed by atoms with Crippen molar-refractivity contribution in [3.05, 3.63) is 29.8 Å². The van der Waals surface area contributed by atoms with Crippen LogP contribution in [0.2, 0.25) is 0 Å². The molecule has 1 heterocycles. The van der Waals surface area contributed by atoms with Crippen LogP contribution in [0.5, 0.6) is 0 Å². The van der Waals surface area contributed by atoms with Gasteiger partial charge in [-0.25, -0.2) is 8.78 Å². The van der Waals surface area contributed by atoms with Crippen molar-refractivity contribution in [1.82, 2.24) is 10.2 Å². The van der Waals surface area contributed by atoms with E-state index in [-0.39, 0.29) is 18.4 Å². The second kappa shape index (κ2) is 9.83. The zero-order valence-electron chi connectivity index (χ0n) is 16.2. The highest BCUT2D eigenvalue weighted by molar-refractivity contribution is 5.78. The first-order valence-corrected chi connectivity index (χ1v) is 10.1. The van der Waals surface area contributed by atoms with E-state index in [1.807, 2.05) is 11.0 Å². The number of carbonyl (C=O) groups excluding carboxylic acids is 1. The zero-order chi connectivity index (χ0) is 19.9. The van der Waals surface area contributed by atoms with E-state index in [0.29, 0.717) is 24.7 Å². The average Bonchev–Trinajstić information content (AvgIpc) is 2.70. The molecule has 0 spiro atoms. The second-order valence-corrected chi connectivity index (χ2v) is 7.81. The second-order valence-electron chi connectivity index (χ2n) is 7.81. The van der Waals surface area contributed by atoms with Crippen molar-refractivity contribution in [3.63, 3.8) is 0 Å². The van der Waals surface area contributed by atoms with Crippen molar-refractivity contribution >= 4 is 11.6 Å². The fourth-order valence-electron chi connectivity index (χ4n) is 4.26. The molecule has 1 N–H and O–H groups in total. The summed E-state index contributed by atoms with van der Waals surface area (Å²) < 4.78 is 27.4. The van der Waals surface area contributed by atoms with Crippen molar-refractivity contribution in [3.8, 4) is 6.07 Å². The molecule has 0 radical (unpaired) electrons. The van der Waals surface area contributed by atoms with Crippen LogP contribution in [0.3, 0.4) is 0 Å². The molecule has 28 heavy (non-hydrogen) atoms. The molecule has 1 saturated carbocycles. The Bertz CT molecular complexity index is 705. The smallest absolute Gasteiger partial charge is 0.234 e. The van der Waals surface area contributed by atoms with E-state index in [9.17, 15) is 13.6 Å². The summed E-state index contributed by atoms with van der Waals surface area (Å²) in [5.41, 5.74) is 0.358. The van der Waals surface area contributed by atoms with E-state index < -0.39 is 11.6 Å². The SMILES string of the molecule is N#CCC(=O)NC1CCC(CCN2CCN(c3cccc(F)c3F)CC2)CC1. The number of nitriles is 1. The molecule has 0 bridgehead atoms. The van der Waals surface area contributed by atoms with Crippen molar-refractivity contribution < 1.29 is 13.6 Å². The first kappa shape index (κ1) is 20.5. The van der Waals surface area contributed by atoms with E-state index in [1.54, 1.807) is 12.1 Å². The molecule has 2 fully saturated rings. The third kappa shape index (κ3) is 5.41. The number of nitrogens with zero attached hydrogens (tertiary/aromatic N) is 3. The highest BCUT2D eigenvalue weighted by Gasteiger charge is 2.24. The normalized spacial score (nSPS) is 23.2. The van der Waals surface area contributed by atoms with Crippen molar-refractivity contribution in [1.29, 1.82) is 5.26 Å². The van der Waals surface area contributed by atoms with E-state index in [1.165, 1.54) is 0 Å². The molecule has 1 aliphatic heterocycles. The number of hydrogen-bond donors (Lipinski definition) is 1. The number of hydrogen-bond acceptors (Lipinski definition) is 4. The van der Waals surface area contributed by atoms with Gasteiger partial charge in [-0.2, -0.15) is 5.26 Å². The van der Waals surface area contributed by atoms with E-state index >= 15 is 0 Å². The van der Waals surface area contributed by atoms with Crippen LogP contribution in [0, 0.1) is 28.9 Å². The summed E-state index contributed by atoms with van der Waals surface area (Å²) in [6.45, 7) is 4.15. The molecule has 1 aromatic rings. The predicted molar refractivity (Wildman–Crippen MR) is 104 cm³/mol. The quantitative estimate of drug-likeness (QED) is 0.811. The van der Waals surface area contributed by atoms with Gasteiger partial charge in [-0.3, -0.25) is 9.69 Å². The van der Waals surface area contributed by atoms with Crippen LogP contribution in [-0.2, 0) is 4.79 Å². The molecule has 0 aromatic heterocycles. The zero-order valence-corrected chi connectivity index (χ0v) is 16.2. The maximum Gasteiger partial charge on any atom is 0.234 e. The fraction of sp³-hybridized carbons (Fsp3) is 0.619. The Kier molecular flexibility index (Phi) is 7.21. The third-order valence-corrected chi connectivity index (χ3v) is 5.95. The van der Waals surface area contributed by atoms with Gasteiger partial charge in [-0.05, 0) is 56.7 Å². The van der Waals surface area contributed by atoms with Crippen molar-refractivity contribution in [2.24, 2.45) is 5.92 Å². The minimum absolute atomic E-state index is 0.0641. The Morgan fingerprint density at radius 2 is 1.86 bits per heavy atom. The third-order valence-electron chi connectivity index (χ3n) is 5.95. The molecule has 1 amide bonds. The predicted octanol–water partition coefficient (Wildman–Crippen LogP) is 3.07. The summed E-state index contributed by atoms with van der Waals surface area (Å²) in [7, 11) is 0. The fourth-order valence-corrected chi connectivity index (χ4v) is 4.26. The molecule has 7 heteroatoms. The van der Waals surface area contributed by atoms with Gasteiger partial charge in [-0.1, -0.05) is 6.07 Å². The van der Waals surface area contributed by atoms with Gasteiger partial charge >= 0.3 is 0 Å². The van der Waals surface area contributed by atoms with Gasteiger partial charge < -0.3 is 10.2 Å². The number of anilines is 1. The maximum atomic E-state index is 14.0. The lowest BCUT2D eigenvalue weighted by Crippen LogP contribution is -2.47. The van der Waals surface area contributed by atoms with Crippen LogP contribution < -0.4 is 10.2 Å². The molecule has 3 rings (SSSR count). The summed E-state index contributed by atoms with van der Waals surface area (Å²) in [5, 5.41) is 11.5. The summed E-state index contributed by atoms with van der Waals surface area (Å²) >= 11 is 0. The Morgan fingerprint density at radius 3 is 2.54 bits per heavy atom. The van der Waals surface area contributed by atoms with Crippen LogP contribution in [0.4, 0.5) is 14.5 Å². The molecule has 0 atom stereocenters. The largest absolute Gasteiger partial charge is 0.367 e. The van der Waals surface area contributed by atoms with E-state index in [2.05, 4.69) is 10.2 Å². The number of amides is 1. The Morgan fingerprint density at radius 1 is 1.14 bits per heavy atom.